The number of nitrogens with two attached hydrogens (primary N) is 1. The van der Waals surface area contributed by atoms with E-state index in [2.05, 4.69) is 20.3 Å². The maximum atomic E-state index is 11.9. The van der Waals surface area contributed by atoms with Crippen molar-refractivity contribution in [3.05, 3.63) is 84.3 Å². The molecular formula is C21H17N5O. The summed E-state index contributed by atoms with van der Waals surface area (Å²) in [5.74, 6) is 0.226. The molecule has 0 unspecified atom stereocenters. The molecular weight excluding hydrogens is 338 g/mol. The molecule has 0 spiro atoms. The Morgan fingerprint density at radius 3 is 2.67 bits per heavy atom. The zero-order valence-electron chi connectivity index (χ0n) is 14.4. The number of nitrogens with one attached hydrogen (secondary N) is 2. The average Bonchev–Trinajstić information content (AvgIpc) is 3.09. The van der Waals surface area contributed by atoms with Crippen LogP contribution in [0.2, 0.25) is 0 Å². The van der Waals surface area contributed by atoms with Crippen molar-refractivity contribution in [1.82, 2.24) is 15.0 Å². The Balaban J connectivity index is 1.70. The van der Waals surface area contributed by atoms with Crippen molar-refractivity contribution in [1.29, 1.82) is 0 Å². The zero-order chi connectivity index (χ0) is 18.6. The lowest BCUT2D eigenvalue weighted by atomic mass is 10.0. The Morgan fingerprint density at radius 2 is 1.93 bits per heavy atom. The van der Waals surface area contributed by atoms with Gasteiger partial charge in [0.25, 0.3) is 0 Å². The minimum absolute atomic E-state index is 0.453. The predicted molar refractivity (Wildman–Crippen MR) is 107 cm³/mol. The summed E-state index contributed by atoms with van der Waals surface area (Å²) in [6.07, 6.45) is 7.05. The van der Waals surface area contributed by atoms with Gasteiger partial charge in [-0.15, -0.1) is 0 Å². The topological polar surface area (TPSA) is 96.7 Å². The Kier molecular flexibility index (Phi) is 4.37. The number of pyridine rings is 2. The standard InChI is InChI=1S/C21H17N5O/c22-20(27)18(14-5-2-1-3-6-14)11-15-12-24-21-17(15)8-9-19(26-21)25-16-7-4-10-23-13-16/h1-13H,(H2,22,27)(H2,24,25,26)/b18-11-. The Labute approximate surface area is 155 Å². The van der Waals surface area contributed by atoms with Crippen LogP contribution in [0.25, 0.3) is 22.7 Å². The molecule has 0 aliphatic heterocycles. The second kappa shape index (κ2) is 7.13. The van der Waals surface area contributed by atoms with Gasteiger partial charge in [0.1, 0.15) is 11.5 Å². The van der Waals surface area contributed by atoms with Gasteiger partial charge in [-0.2, -0.15) is 0 Å². The van der Waals surface area contributed by atoms with Gasteiger partial charge in [-0.1, -0.05) is 30.3 Å². The fourth-order valence-electron chi connectivity index (χ4n) is 2.87. The maximum Gasteiger partial charge on any atom is 0.249 e. The van der Waals surface area contributed by atoms with Crippen molar-refractivity contribution >= 4 is 40.1 Å². The van der Waals surface area contributed by atoms with E-state index in [4.69, 9.17) is 5.73 Å². The molecule has 0 saturated carbocycles. The Hall–Kier alpha value is -3.93. The van der Waals surface area contributed by atoms with Crippen molar-refractivity contribution in [2.45, 2.75) is 0 Å². The first-order valence-electron chi connectivity index (χ1n) is 8.43. The van der Waals surface area contributed by atoms with E-state index >= 15 is 0 Å². The molecule has 132 valence electrons. The van der Waals surface area contributed by atoms with Gasteiger partial charge in [0.2, 0.25) is 5.91 Å². The van der Waals surface area contributed by atoms with Crippen molar-refractivity contribution in [2.24, 2.45) is 5.73 Å². The molecule has 4 rings (SSSR count). The average molecular weight is 355 g/mol. The summed E-state index contributed by atoms with van der Waals surface area (Å²) < 4.78 is 0. The largest absolute Gasteiger partial charge is 0.366 e. The summed E-state index contributed by atoms with van der Waals surface area (Å²) in [6.45, 7) is 0. The number of rotatable bonds is 5. The highest BCUT2D eigenvalue weighted by Crippen LogP contribution is 2.25. The zero-order valence-corrected chi connectivity index (χ0v) is 14.4. The second-order valence-electron chi connectivity index (χ2n) is 5.99. The third-order valence-electron chi connectivity index (χ3n) is 4.15. The molecule has 4 aromatic rings. The van der Waals surface area contributed by atoms with Gasteiger partial charge in [-0.25, -0.2) is 4.98 Å². The summed E-state index contributed by atoms with van der Waals surface area (Å²) in [4.78, 5) is 23.7. The van der Waals surface area contributed by atoms with Gasteiger partial charge in [0, 0.05) is 28.9 Å². The highest BCUT2D eigenvalue weighted by Gasteiger charge is 2.11. The molecule has 0 bridgehead atoms. The molecule has 27 heavy (non-hydrogen) atoms. The molecule has 6 nitrogen and oxygen atoms in total. The minimum atomic E-state index is -0.474. The van der Waals surface area contributed by atoms with Gasteiger partial charge in [0.05, 0.1) is 11.9 Å². The third-order valence-corrected chi connectivity index (χ3v) is 4.15. The normalized spacial score (nSPS) is 11.5. The van der Waals surface area contributed by atoms with Gasteiger partial charge in [-0.05, 0) is 35.9 Å². The molecule has 0 aliphatic rings. The highest BCUT2D eigenvalue weighted by molar-refractivity contribution is 6.24. The smallest absolute Gasteiger partial charge is 0.249 e. The number of hydrogen-bond acceptors (Lipinski definition) is 4. The van der Waals surface area contributed by atoms with Crippen LogP contribution in [-0.4, -0.2) is 20.9 Å². The Bertz CT molecular complexity index is 1120. The van der Waals surface area contributed by atoms with E-state index in [1.807, 2.05) is 60.8 Å². The molecule has 3 heterocycles. The summed E-state index contributed by atoms with van der Waals surface area (Å²) in [7, 11) is 0. The number of H-pyrrole nitrogens is 1. The first kappa shape index (κ1) is 16.5. The molecule has 1 aromatic carbocycles. The van der Waals surface area contributed by atoms with Crippen LogP contribution in [0.15, 0.2) is 73.2 Å². The third kappa shape index (κ3) is 3.55. The van der Waals surface area contributed by atoms with E-state index < -0.39 is 5.91 Å². The number of nitrogens with zero attached hydrogens (tertiary/aromatic N) is 2. The van der Waals surface area contributed by atoms with Crippen LogP contribution < -0.4 is 11.1 Å². The molecule has 3 aromatic heterocycles. The van der Waals surface area contributed by atoms with Crippen LogP contribution in [0.5, 0.6) is 0 Å². The van der Waals surface area contributed by atoms with Gasteiger partial charge >= 0.3 is 0 Å². The number of fused-ring (bicyclic) bond motifs is 1. The van der Waals surface area contributed by atoms with Crippen molar-refractivity contribution in [3.63, 3.8) is 0 Å². The van der Waals surface area contributed by atoms with E-state index in [9.17, 15) is 4.79 Å². The summed E-state index contributed by atoms with van der Waals surface area (Å²) in [6, 6.07) is 17.0. The van der Waals surface area contributed by atoms with Gasteiger partial charge in [0.15, 0.2) is 0 Å². The number of benzene rings is 1. The molecule has 0 atom stereocenters. The number of amides is 1. The van der Waals surface area contributed by atoms with E-state index in [1.165, 1.54) is 0 Å². The van der Waals surface area contributed by atoms with Gasteiger partial charge in [-0.3, -0.25) is 9.78 Å². The van der Waals surface area contributed by atoms with E-state index in [0.29, 0.717) is 17.0 Å². The van der Waals surface area contributed by atoms with E-state index in [-0.39, 0.29) is 0 Å². The first-order valence-corrected chi connectivity index (χ1v) is 8.43. The van der Waals surface area contributed by atoms with Crippen LogP contribution in [0.3, 0.4) is 0 Å². The fraction of sp³-hybridized carbons (Fsp3) is 0. The van der Waals surface area contributed by atoms with E-state index in [1.54, 1.807) is 18.5 Å². The van der Waals surface area contributed by atoms with E-state index in [0.717, 1.165) is 22.2 Å². The molecule has 0 saturated heterocycles. The monoisotopic (exact) mass is 355 g/mol. The molecule has 4 N–H and O–H groups in total. The van der Waals surface area contributed by atoms with Crippen molar-refractivity contribution in [2.75, 3.05) is 5.32 Å². The second-order valence-corrected chi connectivity index (χ2v) is 5.99. The number of aromatic amines is 1. The van der Waals surface area contributed by atoms with Crippen molar-refractivity contribution < 1.29 is 4.79 Å². The SMILES string of the molecule is NC(=O)/C(=C\c1c[nH]c2nc(Nc3cccnc3)ccc12)c1ccccc1. The number of anilines is 2. The molecule has 6 heteroatoms. The number of aromatic nitrogens is 3. The summed E-state index contributed by atoms with van der Waals surface area (Å²) in [5, 5.41) is 4.11. The Morgan fingerprint density at radius 1 is 1.07 bits per heavy atom. The minimum Gasteiger partial charge on any atom is -0.366 e. The lowest BCUT2D eigenvalue weighted by Crippen LogP contribution is -2.12. The molecule has 0 radical (unpaired) electrons. The predicted octanol–water partition coefficient (Wildman–Crippen LogP) is 3.73. The quantitative estimate of drug-likeness (QED) is 0.475. The summed E-state index contributed by atoms with van der Waals surface area (Å²) in [5.41, 5.74) is 9.25. The molecule has 0 fully saturated rings. The number of primary amides is 1. The number of carbonyl (C=O) groups is 1. The van der Waals surface area contributed by atoms with Crippen LogP contribution in [0.4, 0.5) is 11.5 Å². The number of carbonyl (C=O) groups excluding carboxylic acids is 1. The van der Waals surface area contributed by atoms with Gasteiger partial charge < -0.3 is 16.0 Å². The van der Waals surface area contributed by atoms with Crippen molar-refractivity contribution in [3.8, 4) is 0 Å². The fourth-order valence-corrected chi connectivity index (χ4v) is 2.87. The number of hydrogen-bond donors (Lipinski definition) is 3. The summed E-state index contributed by atoms with van der Waals surface area (Å²) >= 11 is 0. The van der Waals surface area contributed by atoms with Crippen LogP contribution in [-0.2, 0) is 4.79 Å². The lowest BCUT2D eigenvalue weighted by molar-refractivity contribution is -0.112. The maximum absolute atomic E-state index is 11.9. The van der Waals surface area contributed by atoms with Crippen LogP contribution in [0.1, 0.15) is 11.1 Å². The van der Waals surface area contributed by atoms with Crippen LogP contribution >= 0.6 is 0 Å². The molecule has 1 amide bonds. The first-order chi connectivity index (χ1) is 13.2. The highest BCUT2D eigenvalue weighted by atomic mass is 16.1. The van der Waals surface area contributed by atoms with Crippen LogP contribution in [0, 0.1) is 0 Å². The molecule has 0 aliphatic carbocycles. The lowest BCUT2D eigenvalue weighted by Gasteiger charge is -2.05.